The molecule has 0 spiro atoms. The number of ether oxygens (including phenoxy) is 2. The number of nitrogens with one attached hydrogen (secondary N) is 1. The van der Waals surface area contributed by atoms with Gasteiger partial charge in [0.05, 0.1) is 30.0 Å². The summed E-state index contributed by atoms with van der Waals surface area (Å²) >= 11 is 5.91. The van der Waals surface area contributed by atoms with E-state index in [4.69, 9.17) is 21.1 Å². The molecule has 1 N–H and O–H groups in total. The van der Waals surface area contributed by atoms with E-state index in [0.29, 0.717) is 46.7 Å². The fourth-order valence-electron chi connectivity index (χ4n) is 4.10. The lowest BCUT2D eigenvalue weighted by Gasteiger charge is -2.33. The average Bonchev–Trinajstić information content (AvgIpc) is 2.81. The first-order chi connectivity index (χ1) is 16.2. The molecule has 4 rings (SSSR count). The number of nitrogens with zero attached hydrogens (tertiary/aromatic N) is 3. The highest BCUT2D eigenvalue weighted by Crippen LogP contribution is 2.37. The summed E-state index contributed by atoms with van der Waals surface area (Å²) in [6, 6.07) is 7.90. The SMILES string of the molecule is COc1cc2ncnc(Nc3ccc(F)c(Cl)c3)c2cc1O[C@H]1CC[C@@H](N(C)S(C)(=O)=O)CC1. The Morgan fingerprint density at radius 3 is 2.50 bits per heavy atom. The molecule has 1 aromatic heterocycles. The molecule has 1 aliphatic rings. The van der Waals surface area contributed by atoms with Gasteiger partial charge in [0.1, 0.15) is 18.0 Å². The van der Waals surface area contributed by atoms with Gasteiger partial charge in [-0.05, 0) is 49.9 Å². The van der Waals surface area contributed by atoms with Crippen LogP contribution in [0.5, 0.6) is 11.5 Å². The number of benzene rings is 2. The quantitative estimate of drug-likeness (QED) is 0.492. The number of rotatable bonds is 7. The lowest BCUT2D eigenvalue weighted by atomic mass is 9.93. The normalized spacial score (nSPS) is 18.8. The molecule has 1 fully saturated rings. The zero-order valence-electron chi connectivity index (χ0n) is 19.1. The molecule has 0 aliphatic heterocycles. The maximum atomic E-state index is 13.5. The molecule has 0 unspecified atom stereocenters. The Balaban J connectivity index is 1.57. The van der Waals surface area contributed by atoms with Gasteiger partial charge in [0, 0.05) is 30.2 Å². The summed E-state index contributed by atoms with van der Waals surface area (Å²) in [4.78, 5) is 8.66. The molecule has 182 valence electrons. The van der Waals surface area contributed by atoms with E-state index in [1.165, 1.54) is 29.0 Å². The van der Waals surface area contributed by atoms with E-state index in [1.807, 2.05) is 6.07 Å². The van der Waals surface area contributed by atoms with Crippen LogP contribution in [0.25, 0.3) is 10.9 Å². The van der Waals surface area contributed by atoms with Crippen molar-refractivity contribution in [3.63, 3.8) is 0 Å². The van der Waals surface area contributed by atoms with Crippen molar-refractivity contribution in [2.75, 3.05) is 25.7 Å². The van der Waals surface area contributed by atoms with Crippen LogP contribution < -0.4 is 14.8 Å². The van der Waals surface area contributed by atoms with E-state index in [9.17, 15) is 12.8 Å². The van der Waals surface area contributed by atoms with Gasteiger partial charge in [0.15, 0.2) is 11.5 Å². The first-order valence-electron chi connectivity index (χ1n) is 10.8. The second-order valence-electron chi connectivity index (χ2n) is 8.32. The highest BCUT2D eigenvalue weighted by Gasteiger charge is 2.29. The Labute approximate surface area is 203 Å². The van der Waals surface area contributed by atoms with Crippen molar-refractivity contribution in [1.29, 1.82) is 0 Å². The molecular formula is C23H26ClFN4O4S. The minimum Gasteiger partial charge on any atom is -0.493 e. The van der Waals surface area contributed by atoms with E-state index in [2.05, 4.69) is 15.3 Å². The van der Waals surface area contributed by atoms with Crippen molar-refractivity contribution < 1.29 is 22.3 Å². The van der Waals surface area contributed by atoms with Crippen molar-refractivity contribution in [2.24, 2.45) is 0 Å². The largest absolute Gasteiger partial charge is 0.493 e. The number of anilines is 2. The molecule has 3 aromatic rings. The molecule has 1 heterocycles. The summed E-state index contributed by atoms with van der Waals surface area (Å²) in [5.41, 5.74) is 1.23. The standard InChI is InChI=1S/C23H26ClFN4O4S/c1-29(34(3,30)31)15-5-7-16(8-6-15)33-22-11-17-20(12-21(22)32-2)26-13-27-23(17)28-14-4-9-19(25)18(24)10-14/h4,9-13,15-16H,5-8H2,1-3H3,(H,26,27,28)/t15-,16+. The fraction of sp³-hybridized carbons (Fsp3) is 0.391. The number of halogens is 2. The Morgan fingerprint density at radius 1 is 1.12 bits per heavy atom. The number of methoxy groups -OCH3 is 1. The third-order valence-electron chi connectivity index (χ3n) is 6.08. The van der Waals surface area contributed by atoms with Gasteiger partial charge in [-0.2, -0.15) is 0 Å². The lowest BCUT2D eigenvalue weighted by Crippen LogP contribution is -2.40. The number of aromatic nitrogens is 2. The van der Waals surface area contributed by atoms with Crippen LogP contribution in [0.2, 0.25) is 5.02 Å². The number of sulfonamides is 1. The van der Waals surface area contributed by atoms with Crippen molar-refractivity contribution in [2.45, 2.75) is 37.8 Å². The summed E-state index contributed by atoms with van der Waals surface area (Å²) in [6.07, 6.45) is 5.44. The predicted molar refractivity (Wildman–Crippen MR) is 130 cm³/mol. The maximum Gasteiger partial charge on any atom is 0.211 e. The van der Waals surface area contributed by atoms with Crippen LogP contribution in [0, 0.1) is 5.82 Å². The van der Waals surface area contributed by atoms with Gasteiger partial charge in [-0.15, -0.1) is 0 Å². The first-order valence-corrected chi connectivity index (χ1v) is 13.0. The Hall–Kier alpha value is -2.69. The predicted octanol–water partition coefficient (Wildman–Crippen LogP) is 4.76. The van der Waals surface area contributed by atoms with Crippen LogP contribution in [0.3, 0.4) is 0 Å². The van der Waals surface area contributed by atoms with Gasteiger partial charge in [-0.1, -0.05) is 11.6 Å². The minimum atomic E-state index is -3.23. The Morgan fingerprint density at radius 2 is 1.85 bits per heavy atom. The first kappa shape index (κ1) is 24.4. The summed E-state index contributed by atoms with van der Waals surface area (Å²) in [7, 11) is -0.0432. The molecule has 0 atom stereocenters. The monoisotopic (exact) mass is 508 g/mol. The van der Waals surface area contributed by atoms with Crippen LogP contribution in [0.4, 0.5) is 15.9 Å². The second-order valence-corrected chi connectivity index (χ2v) is 10.8. The second kappa shape index (κ2) is 9.89. The highest BCUT2D eigenvalue weighted by molar-refractivity contribution is 7.88. The molecule has 8 nitrogen and oxygen atoms in total. The summed E-state index contributed by atoms with van der Waals surface area (Å²) in [5, 5.41) is 3.86. The third kappa shape index (κ3) is 5.34. The molecule has 2 aromatic carbocycles. The highest BCUT2D eigenvalue weighted by atomic mass is 35.5. The van der Waals surface area contributed by atoms with E-state index in [-0.39, 0.29) is 17.2 Å². The van der Waals surface area contributed by atoms with E-state index in [1.54, 1.807) is 26.3 Å². The van der Waals surface area contributed by atoms with E-state index >= 15 is 0 Å². The van der Waals surface area contributed by atoms with Gasteiger partial charge >= 0.3 is 0 Å². The Kier molecular flexibility index (Phi) is 7.11. The number of hydrogen-bond donors (Lipinski definition) is 1. The Bertz CT molecular complexity index is 1300. The van der Waals surface area contributed by atoms with Crippen LogP contribution >= 0.6 is 11.6 Å². The van der Waals surface area contributed by atoms with Gasteiger partial charge in [-0.3, -0.25) is 0 Å². The molecular weight excluding hydrogens is 483 g/mol. The van der Waals surface area contributed by atoms with E-state index < -0.39 is 15.8 Å². The van der Waals surface area contributed by atoms with Crippen molar-refractivity contribution >= 4 is 44.0 Å². The van der Waals surface area contributed by atoms with Crippen LogP contribution in [0.15, 0.2) is 36.7 Å². The molecule has 11 heteroatoms. The van der Waals surface area contributed by atoms with Crippen LogP contribution in [-0.2, 0) is 10.0 Å². The molecule has 34 heavy (non-hydrogen) atoms. The molecule has 0 bridgehead atoms. The third-order valence-corrected chi connectivity index (χ3v) is 7.71. The summed E-state index contributed by atoms with van der Waals surface area (Å²) in [6.45, 7) is 0. The van der Waals surface area contributed by atoms with Crippen molar-refractivity contribution in [3.05, 3.63) is 47.5 Å². The summed E-state index contributed by atoms with van der Waals surface area (Å²) in [5.74, 6) is 1.10. The molecule has 0 amide bonds. The molecule has 1 aliphatic carbocycles. The van der Waals surface area contributed by atoms with Gasteiger partial charge in [-0.25, -0.2) is 27.1 Å². The zero-order chi connectivity index (χ0) is 24.5. The van der Waals surface area contributed by atoms with Gasteiger partial charge in [0.25, 0.3) is 0 Å². The fourth-order valence-corrected chi connectivity index (χ4v) is 5.04. The van der Waals surface area contributed by atoms with Crippen molar-refractivity contribution in [3.8, 4) is 11.5 Å². The zero-order valence-corrected chi connectivity index (χ0v) is 20.7. The summed E-state index contributed by atoms with van der Waals surface area (Å²) < 4.78 is 50.5. The van der Waals surface area contributed by atoms with Gasteiger partial charge in [0.2, 0.25) is 10.0 Å². The van der Waals surface area contributed by atoms with E-state index in [0.717, 1.165) is 12.8 Å². The lowest BCUT2D eigenvalue weighted by molar-refractivity contribution is 0.122. The molecule has 0 saturated heterocycles. The topological polar surface area (TPSA) is 93.7 Å². The number of fused-ring (bicyclic) bond motifs is 1. The average molecular weight is 509 g/mol. The van der Waals surface area contributed by atoms with Gasteiger partial charge < -0.3 is 14.8 Å². The molecule has 0 radical (unpaired) electrons. The van der Waals surface area contributed by atoms with Crippen LogP contribution in [-0.4, -0.2) is 55.3 Å². The maximum absolute atomic E-state index is 13.5. The van der Waals surface area contributed by atoms with Crippen LogP contribution in [0.1, 0.15) is 25.7 Å². The van der Waals surface area contributed by atoms with Crippen molar-refractivity contribution in [1.82, 2.24) is 14.3 Å². The smallest absolute Gasteiger partial charge is 0.211 e. The molecule has 1 saturated carbocycles. The minimum absolute atomic E-state index is 0.00572. The number of hydrogen-bond acceptors (Lipinski definition) is 7.